The van der Waals surface area contributed by atoms with Gasteiger partial charge < -0.3 is 15.0 Å². The Bertz CT molecular complexity index is 347. The minimum Gasteiger partial charge on any atom is -0.375 e. The van der Waals surface area contributed by atoms with E-state index in [1.54, 1.807) is 7.11 Å². The number of nitrogens with zero attached hydrogens (tertiary/aromatic N) is 1. The number of methoxy groups -OCH3 is 1. The molecule has 3 aliphatic rings. The van der Waals surface area contributed by atoms with Crippen LogP contribution >= 0.6 is 0 Å². The highest BCUT2D eigenvalue weighted by Gasteiger charge is 2.57. The summed E-state index contributed by atoms with van der Waals surface area (Å²) in [6.07, 6.45) is 6.15. The van der Waals surface area contributed by atoms with Crippen LogP contribution < -0.4 is 5.32 Å². The van der Waals surface area contributed by atoms with E-state index < -0.39 is 0 Å². The quantitative estimate of drug-likeness (QED) is 0.801. The molecule has 102 valence electrons. The Kier molecular flexibility index (Phi) is 3.10. The van der Waals surface area contributed by atoms with Gasteiger partial charge in [0.1, 0.15) is 6.61 Å². The third-order valence-corrected chi connectivity index (χ3v) is 5.34. The van der Waals surface area contributed by atoms with Gasteiger partial charge in [-0.2, -0.15) is 0 Å². The fourth-order valence-corrected chi connectivity index (χ4v) is 4.53. The zero-order valence-corrected chi connectivity index (χ0v) is 11.4. The molecule has 1 saturated carbocycles. The Labute approximate surface area is 109 Å². The van der Waals surface area contributed by atoms with Crippen LogP contribution in [0.5, 0.6) is 0 Å². The van der Waals surface area contributed by atoms with E-state index in [0.717, 1.165) is 6.54 Å². The van der Waals surface area contributed by atoms with Gasteiger partial charge in [-0.25, -0.2) is 0 Å². The van der Waals surface area contributed by atoms with Gasteiger partial charge >= 0.3 is 0 Å². The number of carbonyl (C=O) groups excluding carboxylic acids is 1. The van der Waals surface area contributed by atoms with E-state index in [1.807, 2.05) is 0 Å². The standard InChI is InChI=1S/C14H24N2O2/c1-14-7-10-8-15-11(14)5-3-4-6-12(14)16(10)13(17)9-18-2/h10-12,15H,3-9H2,1-2H3/t10-,11+,12-,14+/m0/s1. The molecule has 0 aromatic rings. The predicted octanol–water partition coefficient (Wildman–Crippen LogP) is 1.15. The minimum atomic E-state index is 0.181. The minimum absolute atomic E-state index is 0.181. The van der Waals surface area contributed by atoms with Gasteiger partial charge in [-0.3, -0.25) is 4.79 Å². The first kappa shape index (κ1) is 12.4. The van der Waals surface area contributed by atoms with E-state index in [9.17, 15) is 4.79 Å². The van der Waals surface area contributed by atoms with Crippen LogP contribution in [0.25, 0.3) is 0 Å². The molecule has 2 saturated heterocycles. The number of hydrogen-bond donors (Lipinski definition) is 1. The Morgan fingerprint density at radius 2 is 2.22 bits per heavy atom. The van der Waals surface area contributed by atoms with E-state index >= 15 is 0 Å². The third-order valence-electron chi connectivity index (χ3n) is 5.34. The Hall–Kier alpha value is -0.610. The molecular weight excluding hydrogens is 228 g/mol. The average molecular weight is 252 g/mol. The van der Waals surface area contributed by atoms with Crippen LogP contribution in [0.4, 0.5) is 0 Å². The molecule has 4 atom stereocenters. The van der Waals surface area contributed by atoms with Crippen molar-refractivity contribution >= 4 is 5.91 Å². The maximum absolute atomic E-state index is 12.3. The number of ether oxygens (including phenoxy) is 1. The van der Waals surface area contributed by atoms with E-state index in [0.29, 0.717) is 18.1 Å². The van der Waals surface area contributed by atoms with Crippen LogP contribution in [0.15, 0.2) is 0 Å². The number of piperidine rings is 1. The lowest BCUT2D eigenvalue weighted by molar-refractivity contribution is -0.138. The van der Waals surface area contributed by atoms with Crippen LogP contribution in [0, 0.1) is 5.41 Å². The summed E-state index contributed by atoms with van der Waals surface area (Å²) >= 11 is 0. The monoisotopic (exact) mass is 252 g/mol. The number of nitrogens with one attached hydrogen (secondary N) is 1. The first-order valence-corrected chi connectivity index (χ1v) is 7.20. The van der Waals surface area contributed by atoms with Gasteiger partial charge in [0.25, 0.3) is 0 Å². The zero-order valence-electron chi connectivity index (χ0n) is 11.4. The highest BCUT2D eigenvalue weighted by Crippen LogP contribution is 2.50. The molecular formula is C14H24N2O2. The first-order valence-electron chi connectivity index (χ1n) is 7.20. The molecule has 0 unspecified atom stereocenters. The second-order valence-electron chi connectivity index (χ2n) is 6.36. The van der Waals surface area contributed by atoms with Gasteiger partial charge in [0.2, 0.25) is 5.91 Å². The fourth-order valence-electron chi connectivity index (χ4n) is 4.53. The molecule has 1 aliphatic carbocycles. The van der Waals surface area contributed by atoms with E-state index in [1.165, 1.54) is 32.1 Å². The second-order valence-corrected chi connectivity index (χ2v) is 6.36. The van der Waals surface area contributed by atoms with Gasteiger partial charge in [-0.1, -0.05) is 19.8 Å². The van der Waals surface area contributed by atoms with Gasteiger partial charge in [0.05, 0.1) is 0 Å². The van der Waals surface area contributed by atoms with Crippen molar-refractivity contribution in [1.29, 1.82) is 0 Å². The molecule has 0 aromatic heterocycles. The smallest absolute Gasteiger partial charge is 0.249 e. The summed E-state index contributed by atoms with van der Waals surface area (Å²) < 4.78 is 5.05. The largest absolute Gasteiger partial charge is 0.375 e. The Balaban J connectivity index is 1.90. The van der Waals surface area contributed by atoms with Crippen molar-refractivity contribution in [2.75, 3.05) is 20.3 Å². The molecule has 0 radical (unpaired) electrons. The van der Waals surface area contributed by atoms with Crippen LogP contribution in [0.2, 0.25) is 0 Å². The molecule has 4 heteroatoms. The molecule has 0 spiro atoms. The summed E-state index contributed by atoms with van der Waals surface area (Å²) in [5, 5.41) is 3.69. The van der Waals surface area contributed by atoms with Crippen molar-refractivity contribution < 1.29 is 9.53 Å². The predicted molar refractivity (Wildman–Crippen MR) is 69.3 cm³/mol. The Morgan fingerprint density at radius 3 is 3.00 bits per heavy atom. The molecule has 0 aromatic carbocycles. The number of amides is 1. The topological polar surface area (TPSA) is 41.6 Å². The third kappa shape index (κ3) is 1.69. The lowest BCUT2D eigenvalue weighted by Crippen LogP contribution is -2.51. The molecule has 2 aliphatic heterocycles. The summed E-state index contributed by atoms with van der Waals surface area (Å²) in [6.45, 7) is 3.58. The van der Waals surface area contributed by atoms with E-state index in [2.05, 4.69) is 17.1 Å². The first-order chi connectivity index (χ1) is 8.66. The summed E-state index contributed by atoms with van der Waals surface area (Å²) in [5.74, 6) is 0.181. The number of hydrogen-bond acceptors (Lipinski definition) is 3. The van der Waals surface area contributed by atoms with Crippen LogP contribution in [0.3, 0.4) is 0 Å². The maximum atomic E-state index is 12.3. The molecule has 2 bridgehead atoms. The van der Waals surface area contributed by atoms with Crippen molar-refractivity contribution in [3.8, 4) is 0 Å². The molecule has 2 heterocycles. The summed E-state index contributed by atoms with van der Waals surface area (Å²) in [7, 11) is 1.61. The van der Waals surface area contributed by atoms with Gasteiger partial charge in [0, 0.05) is 37.2 Å². The van der Waals surface area contributed by atoms with Gasteiger partial charge in [-0.05, 0) is 19.3 Å². The molecule has 3 fully saturated rings. The number of likely N-dealkylation sites (tertiary alicyclic amines) is 1. The van der Waals surface area contributed by atoms with Crippen LogP contribution in [-0.4, -0.2) is 49.2 Å². The van der Waals surface area contributed by atoms with E-state index in [-0.39, 0.29) is 17.9 Å². The summed E-state index contributed by atoms with van der Waals surface area (Å²) in [4.78, 5) is 14.5. The van der Waals surface area contributed by atoms with Crippen molar-refractivity contribution in [1.82, 2.24) is 10.2 Å². The second kappa shape index (κ2) is 4.49. The molecule has 1 N–H and O–H groups in total. The lowest BCUT2D eigenvalue weighted by atomic mass is 9.72. The normalized spacial score (nSPS) is 42.8. The average Bonchev–Trinajstić information content (AvgIpc) is 2.46. The van der Waals surface area contributed by atoms with Gasteiger partial charge in [-0.15, -0.1) is 0 Å². The molecule has 1 amide bonds. The SMILES string of the molecule is COCC(=O)N1[C@@H]2CN[C@@H]3CCCC[C@H]1[C@]3(C)C2. The molecule has 18 heavy (non-hydrogen) atoms. The summed E-state index contributed by atoms with van der Waals surface area (Å²) in [6, 6.07) is 1.41. The van der Waals surface area contributed by atoms with Crippen molar-refractivity contribution in [3.05, 3.63) is 0 Å². The Morgan fingerprint density at radius 1 is 1.44 bits per heavy atom. The van der Waals surface area contributed by atoms with Gasteiger partial charge in [0.15, 0.2) is 0 Å². The van der Waals surface area contributed by atoms with Crippen LogP contribution in [-0.2, 0) is 9.53 Å². The number of carbonyl (C=O) groups is 1. The summed E-state index contributed by atoms with van der Waals surface area (Å²) in [5.41, 5.74) is 0.281. The highest BCUT2D eigenvalue weighted by atomic mass is 16.5. The number of rotatable bonds is 2. The van der Waals surface area contributed by atoms with Crippen LogP contribution in [0.1, 0.15) is 39.0 Å². The van der Waals surface area contributed by atoms with Crippen molar-refractivity contribution in [3.63, 3.8) is 0 Å². The fraction of sp³-hybridized carbons (Fsp3) is 0.929. The highest BCUT2D eigenvalue weighted by molar-refractivity contribution is 5.79. The molecule has 4 nitrogen and oxygen atoms in total. The molecule has 3 rings (SSSR count). The van der Waals surface area contributed by atoms with E-state index in [4.69, 9.17) is 4.74 Å². The lowest BCUT2D eigenvalue weighted by Gasteiger charge is -2.39. The zero-order chi connectivity index (χ0) is 12.8. The van der Waals surface area contributed by atoms with Crippen molar-refractivity contribution in [2.24, 2.45) is 5.41 Å². The van der Waals surface area contributed by atoms with Crippen molar-refractivity contribution in [2.45, 2.75) is 57.2 Å². The number of fused-ring (bicyclic) bond motifs is 1. The maximum Gasteiger partial charge on any atom is 0.249 e.